The van der Waals surface area contributed by atoms with Crippen LogP contribution in [0.4, 0.5) is 4.79 Å². The molecule has 0 aromatic heterocycles. The Morgan fingerprint density at radius 2 is 2.00 bits per heavy atom. The van der Waals surface area contributed by atoms with Crippen LogP contribution in [-0.4, -0.2) is 55.4 Å². The van der Waals surface area contributed by atoms with E-state index in [1.54, 1.807) is 7.11 Å². The zero-order chi connectivity index (χ0) is 15.2. The highest BCUT2D eigenvalue weighted by Crippen LogP contribution is 2.01. The van der Waals surface area contributed by atoms with E-state index in [0.717, 1.165) is 25.0 Å². The summed E-state index contributed by atoms with van der Waals surface area (Å²) in [6.07, 6.45) is 6.15. The van der Waals surface area contributed by atoms with Crippen molar-refractivity contribution >= 4 is 23.8 Å². The standard InChI is InChI=1S/C13H26N2O4S/c1-19-9-6-7-11(12(16)17)15-13(18)14-8-4-3-5-10-20-2/h11H,3-10H2,1-2H3,(H,16,17)(H2,14,15,18). The van der Waals surface area contributed by atoms with Crippen molar-refractivity contribution in [2.24, 2.45) is 0 Å². The second-order valence-electron chi connectivity index (χ2n) is 4.48. The second kappa shape index (κ2) is 13.1. The molecule has 0 heterocycles. The van der Waals surface area contributed by atoms with Crippen LogP contribution >= 0.6 is 11.8 Å². The lowest BCUT2D eigenvalue weighted by molar-refractivity contribution is -0.139. The summed E-state index contributed by atoms with van der Waals surface area (Å²) in [6, 6.07) is -1.28. The summed E-state index contributed by atoms with van der Waals surface area (Å²) in [5, 5.41) is 14.2. The number of methoxy groups -OCH3 is 1. The van der Waals surface area contributed by atoms with Gasteiger partial charge in [0.2, 0.25) is 0 Å². The average Bonchev–Trinajstić information content (AvgIpc) is 2.41. The van der Waals surface area contributed by atoms with Gasteiger partial charge in [0.05, 0.1) is 0 Å². The van der Waals surface area contributed by atoms with Gasteiger partial charge in [-0.3, -0.25) is 0 Å². The molecule has 0 aliphatic rings. The van der Waals surface area contributed by atoms with Crippen molar-refractivity contribution in [1.82, 2.24) is 10.6 Å². The number of hydrogen-bond donors (Lipinski definition) is 3. The summed E-state index contributed by atoms with van der Waals surface area (Å²) in [7, 11) is 1.56. The van der Waals surface area contributed by atoms with Crippen molar-refractivity contribution in [3.8, 4) is 0 Å². The van der Waals surface area contributed by atoms with Gasteiger partial charge in [-0.1, -0.05) is 6.42 Å². The number of hydrogen-bond acceptors (Lipinski definition) is 4. The zero-order valence-corrected chi connectivity index (χ0v) is 13.1. The minimum absolute atomic E-state index is 0.365. The van der Waals surface area contributed by atoms with E-state index in [1.807, 2.05) is 11.8 Å². The van der Waals surface area contributed by atoms with Gasteiger partial charge in [0, 0.05) is 20.3 Å². The Bertz CT molecular complexity index is 277. The molecule has 0 aromatic carbocycles. The monoisotopic (exact) mass is 306 g/mol. The van der Waals surface area contributed by atoms with Crippen LogP contribution in [0.25, 0.3) is 0 Å². The van der Waals surface area contributed by atoms with E-state index in [-0.39, 0.29) is 0 Å². The molecule has 1 unspecified atom stereocenters. The molecule has 6 nitrogen and oxygen atoms in total. The molecule has 0 saturated carbocycles. The van der Waals surface area contributed by atoms with Gasteiger partial charge in [0.15, 0.2) is 0 Å². The van der Waals surface area contributed by atoms with Crippen LogP contribution in [0.3, 0.4) is 0 Å². The van der Waals surface area contributed by atoms with E-state index < -0.39 is 18.0 Å². The number of rotatable bonds is 12. The molecule has 0 fully saturated rings. The normalized spacial score (nSPS) is 11.9. The number of carboxylic acid groups (broad SMARTS) is 1. The quantitative estimate of drug-likeness (QED) is 0.478. The van der Waals surface area contributed by atoms with E-state index in [1.165, 1.54) is 0 Å². The van der Waals surface area contributed by atoms with Crippen molar-refractivity contribution in [3.05, 3.63) is 0 Å². The highest BCUT2D eigenvalue weighted by atomic mass is 32.2. The number of nitrogens with one attached hydrogen (secondary N) is 2. The smallest absolute Gasteiger partial charge is 0.326 e. The number of ether oxygens (including phenoxy) is 1. The third-order valence-corrected chi connectivity index (χ3v) is 3.45. The van der Waals surface area contributed by atoms with Crippen LogP contribution in [0.2, 0.25) is 0 Å². The lowest BCUT2D eigenvalue weighted by Crippen LogP contribution is -2.46. The lowest BCUT2D eigenvalue weighted by atomic mass is 10.1. The molecule has 0 aliphatic heterocycles. The Labute approximate surface area is 125 Å². The number of unbranched alkanes of at least 4 members (excludes halogenated alkanes) is 2. The number of thioether (sulfide) groups is 1. The van der Waals surface area contributed by atoms with Gasteiger partial charge >= 0.3 is 12.0 Å². The number of amides is 2. The first kappa shape index (κ1) is 19.1. The minimum atomic E-state index is -1.02. The first-order valence-corrected chi connectivity index (χ1v) is 8.26. The largest absolute Gasteiger partial charge is 0.480 e. The van der Waals surface area contributed by atoms with Gasteiger partial charge in [-0.2, -0.15) is 11.8 Å². The van der Waals surface area contributed by atoms with Crippen LogP contribution in [-0.2, 0) is 9.53 Å². The third-order valence-electron chi connectivity index (χ3n) is 2.76. The van der Waals surface area contributed by atoms with Gasteiger partial charge in [-0.05, 0) is 37.7 Å². The van der Waals surface area contributed by atoms with Crippen molar-refractivity contribution < 1.29 is 19.4 Å². The van der Waals surface area contributed by atoms with Crippen molar-refractivity contribution in [2.45, 2.75) is 38.1 Å². The molecule has 2 amide bonds. The highest BCUT2D eigenvalue weighted by Gasteiger charge is 2.18. The lowest BCUT2D eigenvalue weighted by Gasteiger charge is -2.15. The molecule has 0 aromatic rings. The molecule has 118 valence electrons. The fourth-order valence-corrected chi connectivity index (χ4v) is 2.14. The Kier molecular flexibility index (Phi) is 12.4. The van der Waals surface area contributed by atoms with Crippen molar-refractivity contribution in [3.63, 3.8) is 0 Å². The van der Waals surface area contributed by atoms with Crippen molar-refractivity contribution in [1.29, 1.82) is 0 Å². The van der Waals surface area contributed by atoms with E-state index >= 15 is 0 Å². The van der Waals surface area contributed by atoms with Crippen LogP contribution in [0.15, 0.2) is 0 Å². The van der Waals surface area contributed by atoms with Crippen LogP contribution in [0.5, 0.6) is 0 Å². The second-order valence-corrected chi connectivity index (χ2v) is 5.47. The molecule has 0 aliphatic carbocycles. The summed E-state index contributed by atoms with van der Waals surface area (Å²) >= 11 is 1.81. The molecule has 3 N–H and O–H groups in total. The molecular formula is C13H26N2O4S. The van der Waals surface area contributed by atoms with Crippen LogP contribution in [0.1, 0.15) is 32.1 Å². The summed E-state index contributed by atoms with van der Waals surface area (Å²) in [6.45, 7) is 1.06. The maximum atomic E-state index is 11.6. The van der Waals surface area contributed by atoms with E-state index in [9.17, 15) is 9.59 Å². The number of carbonyl (C=O) groups excluding carboxylic acids is 1. The number of carbonyl (C=O) groups is 2. The van der Waals surface area contributed by atoms with E-state index in [0.29, 0.717) is 26.0 Å². The van der Waals surface area contributed by atoms with Crippen molar-refractivity contribution in [2.75, 3.05) is 32.3 Å². The SMILES string of the molecule is COCCCC(NC(=O)NCCCCCSC)C(=O)O. The molecule has 0 spiro atoms. The van der Waals surface area contributed by atoms with Gasteiger partial charge in [0.1, 0.15) is 6.04 Å². The molecule has 0 saturated heterocycles. The van der Waals surface area contributed by atoms with Crippen LogP contribution in [0, 0.1) is 0 Å². The van der Waals surface area contributed by atoms with E-state index in [4.69, 9.17) is 9.84 Å². The number of urea groups is 1. The Hall–Kier alpha value is -0.950. The number of carboxylic acids is 1. The van der Waals surface area contributed by atoms with Gasteiger partial charge in [-0.15, -0.1) is 0 Å². The maximum absolute atomic E-state index is 11.6. The fourth-order valence-electron chi connectivity index (χ4n) is 1.65. The Morgan fingerprint density at radius 1 is 1.25 bits per heavy atom. The molecule has 0 rings (SSSR count). The molecule has 20 heavy (non-hydrogen) atoms. The number of aliphatic carboxylic acids is 1. The van der Waals surface area contributed by atoms with Crippen LogP contribution < -0.4 is 10.6 Å². The summed E-state index contributed by atoms with van der Waals surface area (Å²) in [5.74, 6) is 0.114. The maximum Gasteiger partial charge on any atom is 0.326 e. The first-order valence-electron chi connectivity index (χ1n) is 6.86. The predicted molar refractivity (Wildman–Crippen MR) is 81.3 cm³/mol. The first-order chi connectivity index (χ1) is 9.61. The molecule has 0 bridgehead atoms. The summed E-state index contributed by atoms with van der Waals surface area (Å²) in [5.41, 5.74) is 0. The molecule has 1 atom stereocenters. The van der Waals surface area contributed by atoms with Gasteiger partial charge in [0.25, 0.3) is 0 Å². The summed E-state index contributed by atoms with van der Waals surface area (Å²) < 4.78 is 4.87. The predicted octanol–water partition coefficient (Wildman–Crippen LogP) is 1.70. The third kappa shape index (κ3) is 10.9. The molecule has 0 radical (unpaired) electrons. The Morgan fingerprint density at radius 3 is 2.60 bits per heavy atom. The average molecular weight is 306 g/mol. The zero-order valence-electron chi connectivity index (χ0n) is 12.3. The minimum Gasteiger partial charge on any atom is -0.480 e. The van der Waals surface area contributed by atoms with Gasteiger partial charge in [-0.25, -0.2) is 9.59 Å². The Balaban J connectivity index is 3.75. The van der Waals surface area contributed by atoms with Gasteiger partial charge < -0.3 is 20.5 Å². The fraction of sp³-hybridized carbons (Fsp3) is 0.846. The topological polar surface area (TPSA) is 87.7 Å². The molecular weight excluding hydrogens is 280 g/mol. The van der Waals surface area contributed by atoms with E-state index in [2.05, 4.69) is 16.9 Å². The highest BCUT2D eigenvalue weighted by molar-refractivity contribution is 7.98. The molecule has 7 heteroatoms. The summed E-state index contributed by atoms with van der Waals surface area (Å²) in [4.78, 5) is 22.6.